The van der Waals surface area contributed by atoms with E-state index in [1.807, 2.05) is 36.4 Å². The Morgan fingerprint density at radius 3 is 2.55 bits per heavy atom. The Hall–Kier alpha value is -2.33. The van der Waals surface area contributed by atoms with E-state index in [1.54, 1.807) is 12.1 Å². The fourth-order valence-corrected chi connectivity index (χ4v) is 2.16. The Bertz CT molecular complexity index is 608. The Balaban J connectivity index is 1.97. The van der Waals surface area contributed by atoms with Crippen LogP contribution in [-0.2, 0) is 29.1 Å². The molecule has 0 spiro atoms. The van der Waals surface area contributed by atoms with Crippen molar-refractivity contribution < 1.29 is 19.7 Å². The van der Waals surface area contributed by atoms with Gasteiger partial charge in [-0.3, -0.25) is 9.78 Å². The highest BCUT2D eigenvalue weighted by molar-refractivity contribution is 5.72. The first-order chi connectivity index (χ1) is 10.7. The van der Waals surface area contributed by atoms with Gasteiger partial charge in [0.25, 0.3) is 0 Å². The number of aryl methyl sites for hydroxylation is 1. The van der Waals surface area contributed by atoms with Crippen LogP contribution in [-0.4, -0.2) is 11.1 Å². The van der Waals surface area contributed by atoms with E-state index in [1.165, 1.54) is 0 Å². The molecule has 0 bridgehead atoms. The average molecular weight is 300 g/mol. The lowest BCUT2D eigenvalue weighted by molar-refractivity contribution is -0.213. The van der Waals surface area contributed by atoms with Crippen molar-refractivity contribution in [2.24, 2.45) is 0 Å². The first kappa shape index (κ1) is 16.0. The second kappa shape index (κ2) is 8.20. The predicted octanol–water partition coefficient (Wildman–Crippen LogP) is 3.21. The molecule has 22 heavy (non-hydrogen) atoms. The summed E-state index contributed by atoms with van der Waals surface area (Å²) in [7, 11) is 0. The zero-order valence-electron chi connectivity index (χ0n) is 12.6. The summed E-state index contributed by atoms with van der Waals surface area (Å²) >= 11 is 0. The molecule has 0 saturated heterocycles. The fourth-order valence-electron chi connectivity index (χ4n) is 2.16. The normalized spacial score (nSPS) is 10.3. The summed E-state index contributed by atoms with van der Waals surface area (Å²) in [4.78, 5) is 21.9. The lowest BCUT2D eigenvalue weighted by atomic mass is 10.1. The monoisotopic (exact) mass is 300 g/mol. The SMILES string of the molecule is CCCc1cc(CO)ccc1OOC(=O)Cc1ccccc1. The lowest BCUT2D eigenvalue weighted by Gasteiger charge is -2.10. The highest BCUT2D eigenvalue weighted by Crippen LogP contribution is 2.22. The minimum atomic E-state index is -0.445. The van der Waals surface area contributed by atoms with Crippen LogP contribution in [0.25, 0.3) is 0 Å². The molecule has 0 unspecified atom stereocenters. The number of aliphatic hydroxyl groups is 1. The van der Waals surface area contributed by atoms with Crippen molar-refractivity contribution in [2.75, 3.05) is 0 Å². The van der Waals surface area contributed by atoms with Gasteiger partial charge in [-0.1, -0.05) is 49.7 Å². The van der Waals surface area contributed by atoms with Crippen LogP contribution >= 0.6 is 0 Å². The molecule has 0 radical (unpaired) electrons. The van der Waals surface area contributed by atoms with Crippen molar-refractivity contribution >= 4 is 5.97 Å². The molecule has 4 nitrogen and oxygen atoms in total. The molecule has 2 aromatic carbocycles. The van der Waals surface area contributed by atoms with Crippen molar-refractivity contribution in [3.63, 3.8) is 0 Å². The van der Waals surface area contributed by atoms with Crippen LogP contribution in [0.2, 0.25) is 0 Å². The third-order valence-electron chi connectivity index (χ3n) is 3.24. The quantitative estimate of drug-likeness (QED) is 0.630. The molecule has 116 valence electrons. The van der Waals surface area contributed by atoms with E-state index in [2.05, 4.69) is 6.92 Å². The van der Waals surface area contributed by atoms with E-state index in [4.69, 9.17) is 9.78 Å². The second-order valence-corrected chi connectivity index (χ2v) is 5.05. The van der Waals surface area contributed by atoms with Crippen LogP contribution in [0.1, 0.15) is 30.0 Å². The van der Waals surface area contributed by atoms with Gasteiger partial charge in [0, 0.05) is 0 Å². The van der Waals surface area contributed by atoms with E-state index in [0.717, 1.165) is 29.5 Å². The van der Waals surface area contributed by atoms with Gasteiger partial charge in [-0.25, -0.2) is 4.79 Å². The molecule has 4 heteroatoms. The third-order valence-corrected chi connectivity index (χ3v) is 3.24. The molecular weight excluding hydrogens is 280 g/mol. The molecule has 0 fully saturated rings. The van der Waals surface area contributed by atoms with Gasteiger partial charge in [0.1, 0.15) is 0 Å². The molecule has 0 amide bonds. The molecule has 0 heterocycles. The van der Waals surface area contributed by atoms with Crippen LogP contribution in [0.15, 0.2) is 48.5 Å². The molecule has 0 aliphatic carbocycles. The van der Waals surface area contributed by atoms with Gasteiger partial charge < -0.3 is 5.11 Å². The van der Waals surface area contributed by atoms with E-state index in [0.29, 0.717) is 5.75 Å². The Kier molecular flexibility index (Phi) is 5.98. The van der Waals surface area contributed by atoms with Crippen molar-refractivity contribution in [1.29, 1.82) is 0 Å². The zero-order chi connectivity index (χ0) is 15.8. The zero-order valence-corrected chi connectivity index (χ0v) is 12.6. The van der Waals surface area contributed by atoms with Crippen molar-refractivity contribution in [2.45, 2.75) is 32.8 Å². The number of carbonyl (C=O) groups excluding carboxylic acids is 1. The second-order valence-electron chi connectivity index (χ2n) is 5.05. The average Bonchev–Trinajstić information content (AvgIpc) is 2.55. The van der Waals surface area contributed by atoms with Crippen LogP contribution < -0.4 is 4.89 Å². The van der Waals surface area contributed by atoms with Crippen LogP contribution in [0.4, 0.5) is 0 Å². The highest BCUT2D eigenvalue weighted by Gasteiger charge is 2.10. The van der Waals surface area contributed by atoms with Gasteiger partial charge in [-0.05, 0) is 35.2 Å². The molecule has 0 atom stereocenters. The lowest BCUT2D eigenvalue weighted by Crippen LogP contribution is -2.11. The van der Waals surface area contributed by atoms with Crippen molar-refractivity contribution in [3.8, 4) is 5.75 Å². The molecule has 0 saturated carbocycles. The molecule has 0 aliphatic rings. The maximum atomic E-state index is 11.8. The smallest absolute Gasteiger partial charge is 0.359 e. The Morgan fingerprint density at radius 1 is 1.09 bits per heavy atom. The summed E-state index contributed by atoms with van der Waals surface area (Å²) in [5.74, 6) is 0.0698. The Morgan fingerprint density at radius 2 is 1.86 bits per heavy atom. The molecule has 2 aromatic rings. The van der Waals surface area contributed by atoms with E-state index >= 15 is 0 Å². The van der Waals surface area contributed by atoms with Crippen molar-refractivity contribution in [3.05, 3.63) is 65.2 Å². The maximum Gasteiger partial charge on any atom is 0.359 e. The van der Waals surface area contributed by atoms with E-state index in [9.17, 15) is 9.90 Å². The van der Waals surface area contributed by atoms with E-state index in [-0.39, 0.29) is 13.0 Å². The standard InChI is InChI=1S/C18H20O4/c1-2-6-16-11-15(13-19)9-10-17(16)21-22-18(20)12-14-7-4-3-5-8-14/h3-5,7-11,19H,2,6,12-13H2,1H3. The fraction of sp³-hybridized carbons (Fsp3) is 0.278. The predicted molar refractivity (Wildman–Crippen MR) is 83.2 cm³/mol. The molecule has 0 aliphatic heterocycles. The molecule has 1 N–H and O–H groups in total. The summed E-state index contributed by atoms with van der Waals surface area (Å²) < 4.78 is 0. The van der Waals surface area contributed by atoms with E-state index < -0.39 is 5.97 Å². The topological polar surface area (TPSA) is 55.8 Å². The number of carbonyl (C=O) groups is 1. The van der Waals surface area contributed by atoms with Gasteiger partial charge in [-0.2, -0.15) is 0 Å². The maximum absolute atomic E-state index is 11.8. The number of aliphatic hydroxyl groups excluding tert-OH is 1. The van der Waals surface area contributed by atoms with Crippen molar-refractivity contribution in [1.82, 2.24) is 0 Å². The summed E-state index contributed by atoms with van der Waals surface area (Å²) in [6.07, 6.45) is 1.89. The van der Waals surface area contributed by atoms with Gasteiger partial charge in [0.15, 0.2) is 5.75 Å². The summed E-state index contributed by atoms with van der Waals surface area (Å²) in [6, 6.07) is 14.7. The van der Waals surface area contributed by atoms with Crippen LogP contribution in [0.3, 0.4) is 0 Å². The van der Waals surface area contributed by atoms with Gasteiger partial charge in [0.2, 0.25) is 0 Å². The number of hydrogen-bond donors (Lipinski definition) is 1. The molecular formula is C18H20O4. The third kappa shape index (κ3) is 4.60. The minimum Gasteiger partial charge on any atom is -0.392 e. The molecule has 2 rings (SSSR count). The van der Waals surface area contributed by atoms with Crippen LogP contribution in [0.5, 0.6) is 5.75 Å². The van der Waals surface area contributed by atoms with Gasteiger partial charge in [0.05, 0.1) is 13.0 Å². The largest absolute Gasteiger partial charge is 0.392 e. The molecule has 0 aromatic heterocycles. The van der Waals surface area contributed by atoms with Gasteiger partial charge >= 0.3 is 5.97 Å². The first-order valence-corrected chi connectivity index (χ1v) is 7.37. The summed E-state index contributed by atoms with van der Waals surface area (Å²) in [5, 5.41) is 9.18. The highest BCUT2D eigenvalue weighted by atomic mass is 17.2. The van der Waals surface area contributed by atoms with Crippen LogP contribution in [0, 0.1) is 0 Å². The number of benzene rings is 2. The number of rotatable bonds is 7. The summed E-state index contributed by atoms with van der Waals surface area (Å²) in [5.41, 5.74) is 2.61. The minimum absolute atomic E-state index is 0.0230. The van der Waals surface area contributed by atoms with Gasteiger partial charge in [-0.15, -0.1) is 0 Å². The first-order valence-electron chi connectivity index (χ1n) is 7.37. The number of hydrogen-bond acceptors (Lipinski definition) is 4. The summed E-state index contributed by atoms with van der Waals surface area (Å²) in [6.45, 7) is 2.03. The Labute approximate surface area is 130 Å².